The van der Waals surface area contributed by atoms with Gasteiger partial charge < -0.3 is 5.11 Å². The SMILES string of the molecule is Cc1cc([N+](=O)[O-])ccc1S(=O)(=O)N(C)CCC(=O)O. The number of aryl methyl sites for hydroxylation is 1. The summed E-state index contributed by atoms with van der Waals surface area (Å²) in [5, 5.41) is 19.2. The van der Waals surface area contributed by atoms with Crippen LogP contribution >= 0.6 is 0 Å². The van der Waals surface area contributed by atoms with Gasteiger partial charge in [0.05, 0.1) is 16.2 Å². The third-order valence-electron chi connectivity index (χ3n) is 2.70. The fraction of sp³-hybridized carbons (Fsp3) is 0.364. The highest BCUT2D eigenvalue weighted by molar-refractivity contribution is 7.89. The van der Waals surface area contributed by atoms with Gasteiger partial charge in [0.2, 0.25) is 10.0 Å². The first kappa shape index (κ1) is 16.1. The van der Waals surface area contributed by atoms with Crippen molar-refractivity contribution in [3.8, 4) is 0 Å². The molecular weight excluding hydrogens is 288 g/mol. The summed E-state index contributed by atoms with van der Waals surface area (Å²) in [6.45, 7) is 1.28. The van der Waals surface area contributed by atoms with E-state index in [1.807, 2.05) is 0 Å². The molecule has 0 amide bonds. The maximum atomic E-state index is 12.2. The predicted octanol–water partition coefficient (Wildman–Crippen LogP) is 0.998. The van der Waals surface area contributed by atoms with E-state index in [1.165, 1.54) is 14.0 Å². The number of rotatable bonds is 6. The highest BCUT2D eigenvalue weighted by Crippen LogP contribution is 2.23. The summed E-state index contributed by atoms with van der Waals surface area (Å²) in [4.78, 5) is 20.4. The second-order valence-electron chi connectivity index (χ2n) is 4.18. The Morgan fingerprint density at radius 2 is 2.05 bits per heavy atom. The second-order valence-corrected chi connectivity index (χ2v) is 6.19. The minimum Gasteiger partial charge on any atom is -0.481 e. The van der Waals surface area contributed by atoms with E-state index in [0.29, 0.717) is 0 Å². The Balaban J connectivity index is 3.09. The standard InChI is InChI=1S/C11H14N2O6S/c1-8-7-9(13(16)17)3-4-10(8)20(18,19)12(2)6-5-11(14)15/h3-4,7H,5-6H2,1-2H3,(H,14,15). The van der Waals surface area contributed by atoms with Crippen molar-refractivity contribution in [1.82, 2.24) is 4.31 Å². The molecule has 0 fully saturated rings. The molecule has 0 aliphatic carbocycles. The van der Waals surface area contributed by atoms with E-state index in [0.717, 1.165) is 22.5 Å². The number of hydrogen-bond donors (Lipinski definition) is 1. The highest BCUT2D eigenvalue weighted by Gasteiger charge is 2.24. The quantitative estimate of drug-likeness (QED) is 0.618. The smallest absolute Gasteiger partial charge is 0.304 e. The first-order valence-electron chi connectivity index (χ1n) is 5.59. The fourth-order valence-corrected chi connectivity index (χ4v) is 2.95. The Hall–Kier alpha value is -2.00. The van der Waals surface area contributed by atoms with Gasteiger partial charge in [0.25, 0.3) is 5.69 Å². The molecule has 0 aromatic heterocycles. The monoisotopic (exact) mass is 302 g/mol. The molecule has 9 heteroatoms. The lowest BCUT2D eigenvalue weighted by Crippen LogP contribution is -2.29. The van der Waals surface area contributed by atoms with Gasteiger partial charge in [-0.1, -0.05) is 0 Å². The Labute approximate surface area is 115 Å². The van der Waals surface area contributed by atoms with Crippen LogP contribution in [0.25, 0.3) is 0 Å². The number of hydrogen-bond acceptors (Lipinski definition) is 5. The van der Waals surface area contributed by atoms with Gasteiger partial charge in [-0.3, -0.25) is 14.9 Å². The predicted molar refractivity (Wildman–Crippen MR) is 69.9 cm³/mol. The van der Waals surface area contributed by atoms with E-state index in [4.69, 9.17) is 5.11 Å². The van der Waals surface area contributed by atoms with Gasteiger partial charge in [0, 0.05) is 25.7 Å². The first-order chi connectivity index (χ1) is 9.16. The number of carboxylic acid groups (broad SMARTS) is 1. The molecular formula is C11H14N2O6S. The molecule has 1 rings (SSSR count). The van der Waals surface area contributed by atoms with Crippen LogP contribution in [0.5, 0.6) is 0 Å². The zero-order valence-electron chi connectivity index (χ0n) is 10.9. The van der Waals surface area contributed by atoms with Crippen LogP contribution in [-0.2, 0) is 14.8 Å². The zero-order chi connectivity index (χ0) is 15.5. The van der Waals surface area contributed by atoms with Crippen molar-refractivity contribution in [2.24, 2.45) is 0 Å². The molecule has 0 radical (unpaired) electrons. The summed E-state index contributed by atoms with van der Waals surface area (Å²) in [6.07, 6.45) is -0.318. The van der Waals surface area contributed by atoms with Crippen molar-refractivity contribution in [3.63, 3.8) is 0 Å². The Morgan fingerprint density at radius 1 is 1.45 bits per heavy atom. The number of sulfonamides is 1. The van der Waals surface area contributed by atoms with E-state index in [9.17, 15) is 23.3 Å². The minimum atomic E-state index is -3.86. The third-order valence-corrected chi connectivity index (χ3v) is 4.72. The molecule has 0 spiro atoms. The van der Waals surface area contributed by atoms with E-state index in [1.54, 1.807) is 0 Å². The normalized spacial score (nSPS) is 11.6. The van der Waals surface area contributed by atoms with Crippen LogP contribution in [0.2, 0.25) is 0 Å². The number of nitro groups is 1. The lowest BCUT2D eigenvalue weighted by molar-refractivity contribution is -0.385. The van der Waals surface area contributed by atoms with Gasteiger partial charge in [0.1, 0.15) is 0 Å². The molecule has 0 saturated heterocycles. The van der Waals surface area contributed by atoms with Gasteiger partial charge in [-0.05, 0) is 18.6 Å². The van der Waals surface area contributed by atoms with Gasteiger partial charge in [0.15, 0.2) is 0 Å². The summed E-state index contributed by atoms with van der Waals surface area (Å²) in [5.41, 5.74) is 0.0380. The topological polar surface area (TPSA) is 118 Å². The molecule has 8 nitrogen and oxygen atoms in total. The van der Waals surface area contributed by atoms with E-state index in [2.05, 4.69) is 0 Å². The average Bonchev–Trinajstić information content (AvgIpc) is 2.35. The molecule has 1 aromatic carbocycles. The molecule has 0 aliphatic heterocycles. The van der Waals surface area contributed by atoms with Crippen LogP contribution in [0.3, 0.4) is 0 Å². The van der Waals surface area contributed by atoms with Crippen LogP contribution in [0.1, 0.15) is 12.0 Å². The molecule has 0 unspecified atom stereocenters. The lowest BCUT2D eigenvalue weighted by Gasteiger charge is -2.17. The van der Waals surface area contributed by atoms with Crippen molar-refractivity contribution >= 4 is 21.7 Å². The maximum absolute atomic E-state index is 12.2. The van der Waals surface area contributed by atoms with E-state index >= 15 is 0 Å². The Morgan fingerprint density at radius 3 is 2.50 bits per heavy atom. The zero-order valence-corrected chi connectivity index (χ0v) is 11.8. The van der Waals surface area contributed by atoms with Crippen LogP contribution in [0, 0.1) is 17.0 Å². The molecule has 20 heavy (non-hydrogen) atoms. The summed E-state index contributed by atoms with van der Waals surface area (Å²) in [7, 11) is -2.60. The van der Waals surface area contributed by atoms with Crippen molar-refractivity contribution in [2.45, 2.75) is 18.2 Å². The Kier molecular flexibility index (Phi) is 4.79. The highest BCUT2D eigenvalue weighted by atomic mass is 32.2. The van der Waals surface area contributed by atoms with E-state index < -0.39 is 20.9 Å². The number of non-ortho nitro benzene ring substituents is 1. The van der Waals surface area contributed by atoms with Crippen molar-refractivity contribution in [1.29, 1.82) is 0 Å². The largest absolute Gasteiger partial charge is 0.481 e. The molecule has 0 aliphatic rings. The molecule has 1 aromatic rings. The van der Waals surface area contributed by atoms with Gasteiger partial charge >= 0.3 is 5.97 Å². The van der Waals surface area contributed by atoms with Gasteiger partial charge in [-0.15, -0.1) is 0 Å². The van der Waals surface area contributed by atoms with E-state index in [-0.39, 0.29) is 29.1 Å². The van der Waals surface area contributed by atoms with Crippen LogP contribution in [-0.4, -0.2) is 42.3 Å². The van der Waals surface area contributed by atoms with Crippen molar-refractivity contribution in [2.75, 3.05) is 13.6 Å². The lowest BCUT2D eigenvalue weighted by atomic mass is 10.2. The second kappa shape index (κ2) is 5.97. The molecule has 0 bridgehead atoms. The maximum Gasteiger partial charge on any atom is 0.304 e. The van der Waals surface area contributed by atoms with Crippen LogP contribution in [0.4, 0.5) is 5.69 Å². The van der Waals surface area contributed by atoms with Gasteiger partial charge in [-0.2, -0.15) is 0 Å². The average molecular weight is 302 g/mol. The summed E-state index contributed by atoms with van der Waals surface area (Å²) < 4.78 is 25.3. The molecule has 1 N–H and O–H groups in total. The third kappa shape index (κ3) is 3.52. The number of carbonyl (C=O) groups is 1. The molecule has 0 atom stereocenters. The number of nitrogens with zero attached hydrogens (tertiary/aromatic N) is 2. The summed E-state index contributed by atoms with van der Waals surface area (Å²) in [5.74, 6) is -1.10. The number of benzene rings is 1. The number of aliphatic carboxylic acids is 1. The minimum absolute atomic E-state index is 0.0732. The van der Waals surface area contributed by atoms with Crippen molar-refractivity contribution < 1.29 is 23.2 Å². The molecule has 110 valence electrons. The fourth-order valence-electron chi connectivity index (χ4n) is 1.58. The molecule has 0 heterocycles. The van der Waals surface area contributed by atoms with Gasteiger partial charge in [-0.25, -0.2) is 12.7 Å². The van der Waals surface area contributed by atoms with Crippen molar-refractivity contribution in [3.05, 3.63) is 33.9 Å². The summed E-state index contributed by atoms with van der Waals surface area (Å²) >= 11 is 0. The summed E-state index contributed by atoms with van der Waals surface area (Å²) in [6, 6.07) is 3.42. The number of carboxylic acids is 1. The first-order valence-corrected chi connectivity index (χ1v) is 7.03. The number of nitro benzene ring substituents is 1. The Bertz CT molecular complexity index is 640. The van der Waals surface area contributed by atoms with Crippen LogP contribution < -0.4 is 0 Å². The van der Waals surface area contributed by atoms with Crippen LogP contribution in [0.15, 0.2) is 23.1 Å². The molecule has 0 saturated carbocycles.